The first-order valence-electron chi connectivity index (χ1n) is 15.4. The third-order valence-corrected chi connectivity index (χ3v) is 9.32. The van der Waals surface area contributed by atoms with Crippen LogP contribution in [0.3, 0.4) is 0 Å². The van der Waals surface area contributed by atoms with Crippen LogP contribution in [0.4, 0.5) is 0 Å². The molecular weight excluding hydrogens is 526 g/mol. The number of hydrogen-bond donors (Lipinski definition) is 1. The SMILES string of the molecule is C=CCCCCOC(=O)[C@H]1[C@H]2C(=O)N(CCCCCO)C(C(=O)N(CC=C)CCN3CCOCC3)C23CC[C@]1(C)O3. The molecule has 10 nitrogen and oxygen atoms in total. The van der Waals surface area contributed by atoms with Gasteiger partial charge in [-0.25, -0.2) is 0 Å². The smallest absolute Gasteiger partial charge is 0.312 e. The van der Waals surface area contributed by atoms with Gasteiger partial charge < -0.3 is 29.1 Å². The lowest BCUT2D eigenvalue weighted by Gasteiger charge is -2.37. The predicted octanol–water partition coefficient (Wildman–Crippen LogP) is 2.16. The van der Waals surface area contributed by atoms with Gasteiger partial charge in [0, 0.05) is 45.9 Å². The fraction of sp³-hybridized carbons (Fsp3) is 0.774. The summed E-state index contributed by atoms with van der Waals surface area (Å²) in [6.07, 6.45) is 9.17. The van der Waals surface area contributed by atoms with Crippen LogP contribution in [0.15, 0.2) is 25.3 Å². The highest BCUT2D eigenvalue weighted by molar-refractivity contribution is 5.98. The molecule has 4 heterocycles. The number of carbonyl (C=O) groups is 3. The lowest BCUT2D eigenvalue weighted by atomic mass is 9.66. The van der Waals surface area contributed by atoms with E-state index in [1.54, 1.807) is 15.9 Å². The van der Waals surface area contributed by atoms with E-state index in [4.69, 9.17) is 14.2 Å². The molecule has 0 radical (unpaired) electrons. The number of nitrogens with zero attached hydrogens (tertiary/aromatic N) is 3. The highest BCUT2D eigenvalue weighted by atomic mass is 16.6. The van der Waals surface area contributed by atoms with Crippen LogP contribution in [0.1, 0.15) is 58.3 Å². The Morgan fingerprint density at radius 2 is 1.88 bits per heavy atom. The van der Waals surface area contributed by atoms with Crippen molar-refractivity contribution in [3.8, 4) is 0 Å². The monoisotopic (exact) mass is 575 g/mol. The van der Waals surface area contributed by atoms with Gasteiger partial charge in [0.2, 0.25) is 11.8 Å². The van der Waals surface area contributed by atoms with Crippen molar-refractivity contribution >= 4 is 17.8 Å². The maximum atomic E-state index is 14.4. The molecule has 0 aromatic carbocycles. The minimum absolute atomic E-state index is 0.0830. The molecule has 0 aliphatic carbocycles. The number of fused-ring (bicyclic) bond motifs is 1. The highest BCUT2D eigenvalue weighted by Crippen LogP contribution is 2.63. The number of esters is 1. The molecule has 5 atom stereocenters. The summed E-state index contributed by atoms with van der Waals surface area (Å²) in [6, 6.07) is -0.814. The van der Waals surface area contributed by atoms with E-state index >= 15 is 0 Å². The largest absolute Gasteiger partial charge is 0.465 e. The Morgan fingerprint density at radius 1 is 1.10 bits per heavy atom. The maximum Gasteiger partial charge on any atom is 0.312 e. The molecule has 230 valence electrons. The summed E-state index contributed by atoms with van der Waals surface area (Å²) in [5.74, 6) is -2.26. The predicted molar refractivity (Wildman–Crippen MR) is 154 cm³/mol. The van der Waals surface area contributed by atoms with Gasteiger partial charge in [0.1, 0.15) is 17.6 Å². The molecule has 2 bridgehead atoms. The van der Waals surface area contributed by atoms with Gasteiger partial charge in [-0.1, -0.05) is 12.2 Å². The maximum absolute atomic E-state index is 14.4. The molecule has 1 N–H and O–H groups in total. The van der Waals surface area contributed by atoms with Crippen molar-refractivity contribution < 1.29 is 33.7 Å². The standard InChI is InChI=1S/C31H49N3O7/c1-4-6-7-11-21-40-29(38)25-24-27(36)34(15-9-8-10-20-35)26(31(24)13-12-30(25,3)41-31)28(37)33(14-5-2)17-16-32-18-22-39-23-19-32/h4-5,24-26,35H,1-2,6-23H2,3H3/t24-,25+,26?,30-,31?/m0/s1. The van der Waals surface area contributed by atoms with Gasteiger partial charge >= 0.3 is 5.97 Å². The van der Waals surface area contributed by atoms with Gasteiger partial charge in [0.05, 0.1) is 31.3 Å². The van der Waals surface area contributed by atoms with Crippen LogP contribution in [0, 0.1) is 11.8 Å². The van der Waals surface area contributed by atoms with Crippen molar-refractivity contribution in [1.29, 1.82) is 0 Å². The number of allylic oxidation sites excluding steroid dienone is 1. The molecule has 2 amide bonds. The quantitative estimate of drug-likeness (QED) is 0.160. The van der Waals surface area contributed by atoms with Gasteiger partial charge in [-0.3, -0.25) is 19.3 Å². The van der Waals surface area contributed by atoms with Crippen LogP contribution >= 0.6 is 0 Å². The molecular formula is C31H49N3O7. The van der Waals surface area contributed by atoms with E-state index in [0.29, 0.717) is 65.1 Å². The van der Waals surface area contributed by atoms with Crippen molar-refractivity contribution in [2.24, 2.45) is 11.8 Å². The molecule has 0 aromatic heterocycles. The van der Waals surface area contributed by atoms with Crippen LogP contribution in [-0.2, 0) is 28.6 Å². The summed E-state index contributed by atoms with van der Waals surface area (Å²) >= 11 is 0. The Morgan fingerprint density at radius 3 is 2.59 bits per heavy atom. The average Bonchev–Trinajstić information content (AvgIpc) is 3.54. The zero-order chi connectivity index (χ0) is 29.5. The zero-order valence-corrected chi connectivity index (χ0v) is 24.8. The topological polar surface area (TPSA) is 109 Å². The summed E-state index contributed by atoms with van der Waals surface area (Å²) in [7, 11) is 0. The van der Waals surface area contributed by atoms with E-state index in [0.717, 1.165) is 38.8 Å². The second kappa shape index (κ2) is 14.3. The Labute approximate surface area is 244 Å². The number of carbonyl (C=O) groups excluding carboxylic acids is 3. The van der Waals surface area contributed by atoms with Crippen LogP contribution in [0.5, 0.6) is 0 Å². The lowest BCUT2D eigenvalue weighted by Crippen LogP contribution is -2.57. The van der Waals surface area contributed by atoms with Crippen molar-refractivity contribution in [3.05, 3.63) is 25.3 Å². The van der Waals surface area contributed by atoms with Gasteiger partial charge in [-0.05, 0) is 58.3 Å². The van der Waals surface area contributed by atoms with Crippen LogP contribution in [0.2, 0.25) is 0 Å². The van der Waals surface area contributed by atoms with Crippen LogP contribution in [0.25, 0.3) is 0 Å². The minimum Gasteiger partial charge on any atom is -0.465 e. The van der Waals surface area contributed by atoms with Gasteiger partial charge in [-0.15, -0.1) is 13.2 Å². The number of hydrogen-bond acceptors (Lipinski definition) is 8. The fourth-order valence-electron chi connectivity index (χ4n) is 7.23. The normalized spacial score (nSPS) is 30.8. The number of amides is 2. The molecule has 1 spiro atoms. The Balaban J connectivity index is 1.57. The van der Waals surface area contributed by atoms with Crippen molar-refractivity contribution in [1.82, 2.24) is 14.7 Å². The van der Waals surface area contributed by atoms with Crippen molar-refractivity contribution in [2.75, 3.05) is 65.7 Å². The number of likely N-dealkylation sites (tertiary alicyclic amines) is 1. The molecule has 0 aromatic rings. The first-order valence-corrected chi connectivity index (χ1v) is 15.4. The summed E-state index contributed by atoms with van der Waals surface area (Å²) < 4.78 is 17.9. The van der Waals surface area contributed by atoms with E-state index < -0.39 is 35.0 Å². The van der Waals surface area contributed by atoms with E-state index in [-0.39, 0.29) is 25.0 Å². The molecule has 4 fully saturated rings. The first-order chi connectivity index (χ1) is 19.8. The Kier molecular flexibility index (Phi) is 11.0. The van der Waals surface area contributed by atoms with E-state index in [2.05, 4.69) is 18.1 Å². The average molecular weight is 576 g/mol. The molecule has 0 saturated carbocycles. The molecule has 4 aliphatic rings. The molecule has 41 heavy (non-hydrogen) atoms. The summed E-state index contributed by atoms with van der Waals surface area (Å²) in [6.45, 7) is 14.8. The molecule has 4 aliphatic heterocycles. The van der Waals surface area contributed by atoms with Gasteiger partial charge in [0.25, 0.3) is 0 Å². The first kappa shape index (κ1) is 31.7. The Bertz CT molecular complexity index is 954. The van der Waals surface area contributed by atoms with Crippen LogP contribution < -0.4 is 0 Å². The number of aliphatic hydroxyl groups excluding tert-OH is 1. The number of unbranched alkanes of at least 4 members (excludes halogenated alkanes) is 4. The number of morpholine rings is 1. The Hall–Kier alpha value is -2.27. The molecule has 2 unspecified atom stereocenters. The number of ether oxygens (including phenoxy) is 3. The molecule has 10 heteroatoms. The lowest BCUT2D eigenvalue weighted by molar-refractivity contribution is -0.160. The van der Waals surface area contributed by atoms with E-state index in [1.165, 1.54) is 0 Å². The van der Waals surface area contributed by atoms with Crippen molar-refractivity contribution in [3.63, 3.8) is 0 Å². The van der Waals surface area contributed by atoms with E-state index in [1.807, 2.05) is 13.0 Å². The zero-order valence-electron chi connectivity index (χ0n) is 24.8. The van der Waals surface area contributed by atoms with Crippen LogP contribution in [-0.4, -0.2) is 121 Å². The summed E-state index contributed by atoms with van der Waals surface area (Å²) in [5.41, 5.74) is -1.91. The fourth-order valence-corrected chi connectivity index (χ4v) is 7.23. The van der Waals surface area contributed by atoms with Gasteiger partial charge in [-0.2, -0.15) is 0 Å². The third kappa shape index (κ3) is 6.55. The second-order valence-electron chi connectivity index (χ2n) is 12.0. The number of aliphatic hydroxyl groups is 1. The highest BCUT2D eigenvalue weighted by Gasteiger charge is 2.78. The second-order valence-corrected chi connectivity index (χ2v) is 12.0. The van der Waals surface area contributed by atoms with Crippen molar-refractivity contribution in [2.45, 2.75) is 75.5 Å². The van der Waals surface area contributed by atoms with E-state index in [9.17, 15) is 19.5 Å². The summed E-state index contributed by atoms with van der Waals surface area (Å²) in [4.78, 5) is 47.8. The summed E-state index contributed by atoms with van der Waals surface area (Å²) in [5, 5.41) is 9.27. The molecule has 4 rings (SSSR count). The third-order valence-electron chi connectivity index (χ3n) is 9.32. The number of rotatable bonds is 17. The minimum atomic E-state index is -1.06. The molecule has 4 saturated heterocycles. The van der Waals surface area contributed by atoms with Gasteiger partial charge in [0.15, 0.2) is 0 Å².